The van der Waals surface area contributed by atoms with Crippen molar-refractivity contribution in [2.24, 2.45) is 5.92 Å². The Morgan fingerprint density at radius 3 is 2.94 bits per heavy atom. The lowest BCUT2D eigenvalue weighted by Crippen LogP contribution is -2.58. The molecular weight excluding hydrogens is 216 g/mol. The Balaban J connectivity index is 1.70. The predicted octanol–water partition coefficient (Wildman–Crippen LogP) is -0.374. The number of nitrogens with one attached hydrogen (secondary N) is 3. The molecule has 5 nitrogen and oxygen atoms in total. The maximum Gasteiger partial charge on any atom is 0.231 e. The van der Waals surface area contributed by atoms with Crippen molar-refractivity contribution in [2.75, 3.05) is 13.2 Å². The summed E-state index contributed by atoms with van der Waals surface area (Å²) in [5, 5.41) is 3.31. The number of hydrazine groups is 1. The third-order valence-corrected chi connectivity index (χ3v) is 3.33. The number of rotatable bonds is 2. The lowest BCUT2D eigenvalue weighted by molar-refractivity contribution is -0.140. The highest BCUT2D eigenvalue weighted by Gasteiger charge is 2.39. The zero-order valence-corrected chi connectivity index (χ0v) is 9.52. The van der Waals surface area contributed by atoms with Crippen molar-refractivity contribution in [1.29, 1.82) is 0 Å². The predicted molar refractivity (Wildman–Crippen MR) is 63.4 cm³/mol. The summed E-state index contributed by atoms with van der Waals surface area (Å²) in [6, 6.07) is 10.1. The van der Waals surface area contributed by atoms with Crippen LogP contribution in [0.2, 0.25) is 0 Å². The summed E-state index contributed by atoms with van der Waals surface area (Å²) in [5.74, 6) is 0.225. The van der Waals surface area contributed by atoms with Crippen LogP contribution in [0.25, 0.3) is 0 Å². The zero-order chi connectivity index (χ0) is 11.7. The number of amides is 1. The molecule has 2 fully saturated rings. The van der Waals surface area contributed by atoms with E-state index < -0.39 is 0 Å². The van der Waals surface area contributed by atoms with Crippen LogP contribution in [0, 0.1) is 5.92 Å². The molecule has 5 heteroatoms. The molecule has 1 aromatic rings. The Hall–Kier alpha value is -1.43. The van der Waals surface area contributed by atoms with Crippen LogP contribution in [0.15, 0.2) is 30.3 Å². The van der Waals surface area contributed by atoms with Crippen LogP contribution in [0.1, 0.15) is 5.56 Å². The van der Waals surface area contributed by atoms with Crippen LogP contribution >= 0.6 is 0 Å². The standard InChI is InChI=1S/C12H16N4O/c17-12-10-6-14-15-11(10)13-8-16(12)7-9-4-2-1-3-5-9/h1-5,10-11,13-15H,6-8H2. The van der Waals surface area contributed by atoms with Gasteiger partial charge in [0.1, 0.15) is 0 Å². The first-order valence-electron chi connectivity index (χ1n) is 5.89. The average molecular weight is 232 g/mol. The molecule has 0 aromatic heterocycles. The van der Waals surface area contributed by atoms with Crippen LogP contribution in [0.3, 0.4) is 0 Å². The van der Waals surface area contributed by atoms with Crippen molar-refractivity contribution in [3.05, 3.63) is 35.9 Å². The summed E-state index contributed by atoms with van der Waals surface area (Å²) in [6.45, 7) is 1.97. The molecule has 0 spiro atoms. The van der Waals surface area contributed by atoms with E-state index in [2.05, 4.69) is 16.2 Å². The third-order valence-electron chi connectivity index (χ3n) is 3.33. The van der Waals surface area contributed by atoms with E-state index in [1.807, 2.05) is 35.2 Å². The van der Waals surface area contributed by atoms with Crippen LogP contribution < -0.4 is 16.2 Å². The van der Waals surface area contributed by atoms with Gasteiger partial charge in [0.15, 0.2) is 0 Å². The SMILES string of the molecule is O=C1C2CNNC2NCN1Cc1ccccc1. The molecule has 3 N–H and O–H groups in total. The molecule has 3 rings (SSSR count). The fourth-order valence-corrected chi connectivity index (χ4v) is 2.38. The van der Waals surface area contributed by atoms with Crippen molar-refractivity contribution < 1.29 is 4.79 Å². The topological polar surface area (TPSA) is 56.4 Å². The second-order valence-corrected chi connectivity index (χ2v) is 4.49. The molecule has 2 heterocycles. The minimum absolute atomic E-state index is 0.00691. The van der Waals surface area contributed by atoms with Crippen LogP contribution in [-0.2, 0) is 11.3 Å². The summed E-state index contributed by atoms with van der Waals surface area (Å²) in [4.78, 5) is 14.1. The van der Waals surface area contributed by atoms with E-state index in [4.69, 9.17) is 0 Å². The second kappa shape index (κ2) is 4.44. The van der Waals surface area contributed by atoms with Gasteiger partial charge in [-0.15, -0.1) is 0 Å². The van der Waals surface area contributed by atoms with Crippen LogP contribution in [0.4, 0.5) is 0 Å². The van der Waals surface area contributed by atoms with Crippen molar-refractivity contribution in [1.82, 2.24) is 21.1 Å². The number of carbonyl (C=O) groups is 1. The van der Waals surface area contributed by atoms with Gasteiger partial charge < -0.3 is 4.90 Å². The molecule has 17 heavy (non-hydrogen) atoms. The molecule has 2 atom stereocenters. The van der Waals surface area contributed by atoms with Gasteiger partial charge in [-0.1, -0.05) is 30.3 Å². The molecule has 2 aliphatic heterocycles. The first kappa shape index (κ1) is 10.7. The number of fused-ring (bicyclic) bond motifs is 1. The largest absolute Gasteiger partial charge is 0.325 e. The normalized spacial score (nSPS) is 28.2. The molecule has 1 amide bonds. The molecular formula is C12H16N4O. The van der Waals surface area contributed by atoms with Gasteiger partial charge in [-0.05, 0) is 5.56 Å². The molecule has 0 radical (unpaired) electrons. The molecule has 2 aliphatic rings. The monoisotopic (exact) mass is 232 g/mol. The first-order valence-corrected chi connectivity index (χ1v) is 5.89. The lowest BCUT2D eigenvalue weighted by Gasteiger charge is -2.34. The van der Waals surface area contributed by atoms with E-state index in [0.717, 1.165) is 0 Å². The number of carbonyl (C=O) groups excluding carboxylic acids is 1. The smallest absolute Gasteiger partial charge is 0.231 e. The van der Waals surface area contributed by atoms with Gasteiger partial charge in [-0.25, -0.2) is 5.43 Å². The van der Waals surface area contributed by atoms with E-state index in [1.165, 1.54) is 5.56 Å². The van der Waals surface area contributed by atoms with Gasteiger partial charge in [0, 0.05) is 13.1 Å². The fourth-order valence-electron chi connectivity index (χ4n) is 2.38. The average Bonchev–Trinajstić information content (AvgIpc) is 2.83. The Labute approximate surface area is 100 Å². The second-order valence-electron chi connectivity index (χ2n) is 4.49. The van der Waals surface area contributed by atoms with Gasteiger partial charge in [0.25, 0.3) is 0 Å². The van der Waals surface area contributed by atoms with E-state index >= 15 is 0 Å². The highest BCUT2D eigenvalue weighted by molar-refractivity contribution is 5.80. The van der Waals surface area contributed by atoms with Gasteiger partial charge in [0.2, 0.25) is 5.91 Å². The number of nitrogens with zero attached hydrogens (tertiary/aromatic N) is 1. The molecule has 0 saturated carbocycles. The van der Waals surface area contributed by atoms with Crippen molar-refractivity contribution >= 4 is 5.91 Å². The fraction of sp³-hybridized carbons (Fsp3) is 0.417. The minimum Gasteiger partial charge on any atom is -0.325 e. The van der Waals surface area contributed by atoms with E-state index in [-0.39, 0.29) is 18.0 Å². The van der Waals surface area contributed by atoms with Crippen LogP contribution in [-0.4, -0.2) is 30.2 Å². The summed E-state index contributed by atoms with van der Waals surface area (Å²) < 4.78 is 0. The molecule has 0 aliphatic carbocycles. The maximum absolute atomic E-state index is 12.2. The van der Waals surface area contributed by atoms with Crippen LogP contribution in [0.5, 0.6) is 0 Å². The zero-order valence-electron chi connectivity index (χ0n) is 9.52. The Kier molecular flexibility index (Phi) is 2.80. The number of hydrogen-bond acceptors (Lipinski definition) is 4. The summed E-state index contributed by atoms with van der Waals surface area (Å²) in [5.41, 5.74) is 7.25. The molecule has 2 unspecified atom stereocenters. The van der Waals surface area contributed by atoms with E-state index in [9.17, 15) is 4.79 Å². The van der Waals surface area contributed by atoms with Crippen molar-refractivity contribution in [3.63, 3.8) is 0 Å². The van der Waals surface area contributed by atoms with Crippen molar-refractivity contribution in [3.8, 4) is 0 Å². The first-order chi connectivity index (χ1) is 8.34. The Morgan fingerprint density at radius 2 is 2.12 bits per heavy atom. The molecule has 2 saturated heterocycles. The molecule has 0 bridgehead atoms. The van der Waals surface area contributed by atoms with E-state index in [0.29, 0.717) is 19.8 Å². The highest BCUT2D eigenvalue weighted by atomic mass is 16.2. The maximum atomic E-state index is 12.2. The summed E-state index contributed by atoms with van der Waals surface area (Å²) >= 11 is 0. The highest BCUT2D eigenvalue weighted by Crippen LogP contribution is 2.16. The van der Waals surface area contributed by atoms with Gasteiger partial charge in [-0.2, -0.15) is 0 Å². The molecule has 1 aromatic carbocycles. The number of hydrogen-bond donors (Lipinski definition) is 3. The number of benzene rings is 1. The Morgan fingerprint density at radius 1 is 1.29 bits per heavy atom. The van der Waals surface area contributed by atoms with Crippen molar-refractivity contribution in [2.45, 2.75) is 12.7 Å². The van der Waals surface area contributed by atoms with Gasteiger partial charge in [0.05, 0.1) is 18.8 Å². The van der Waals surface area contributed by atoms with Gasteiger partial charge in [-0.3, -0.25) is 15.5 Å². The quantitative estimate of drug-likeness (QED) is 0.651. The minimum atomic E-state index is 0.00691. The molecule has 90 valence electrons. The third kappa shape index (κ3) is 2.04. The summed E-state index contributed by atoms with van der Waals surface area (Å²) in [6.07, 6.45) is 0.0783. The van der Waals surface area contributed by atoms with E-state index in [1.54, 1.807) is 0 Å². The van der Waals surface area contributed by atoms with Gasteiger partial charge >= 0.3 is 0 Å². The lowest BCUT2D eigenvalue weighted by atomic mass is 10.0. The summed E-state index contributed by atoms with van der Waals surface area (Å²) in [7, 11) is 0. The Bertz CT molecular complexity index is 408.